The molecule has 1 N–H and O–H groups in total. The lowest BCUT2D eigenvalue weighted by molar-refractivity contribution is 0.0208. The average Bonchev–Trinajstić information content (AvgIpc) is 3.10. The number of nitrogens with zero attached hydrogens (tertiary/aromatic N) is 4. The zero-order valence-corrected chi connectivity index (χ0v) is 20.0. The maximum Gasteiger partial charge on any atom is 0.408 e. The summed E-state index contributed by atoms with van der Waals surface area (Å²) in [5, 5.41) is 14.3. The predicted molar refractivity (Wildman–Crippen MR) is 123 cm³/mol. The summed E-state index contributed by atoms with van der Waals surface area (Å²) in [5.74, 6) is 0.867. The van der Waals surface area contributed by atoms with Crippen molar-refractivity contribution in [2.45, 2.75) is 71.9 Å². The van der Waals surface area contributed by atoms with Crippen molar-refractivity contribution >= 4 is 6.09 Å². The molecule has 8 nitrogen and oxygen atoms in total. The number of hydrogen-bond acceptors (Lipinski definition) is 5. The number of carboxylic acid groups (broad SMARTS) is 1. The third-order valence-electron chi connectivity index (χ3n) is 5.73. The van der Waals surface area contributed by atoms with Gasteiger partial charge in [-0.2, -0.15) is 5.10 Å². The fourth-order valence-corrected chi connectivity index (χ4v) is 4.46. The van der Waals surface area contributed by atoms with Crippen LogP contribution in [0.2, 0.25) is 0 Å². The molecule has 2 aromatic rings. The van der Waals surface area contributed by atoms with Crippen LogP contribution in [-0.4, -0.2) is 62.6 Å². The number of carbonyl (C=O) groups is 1. The van der Waals surface area contributed by atoms with Crippen LogP contribution in [0.5, 0.6) is 5.75 Å². The molecule has 1 aromatic heterocycles. The number of methoxy groups -OCH3 is 1. The summed E-state index contributed by atoms with van der Waals surface area (Å²) in [6.45, 7) is 13.0. The highest BCUT2D eigenvalue weighted by molar-refractivity contribution is 5.66. The van der Waals surface area contributed by atoms with Gasteiger partial charge in [0, 0.05) is 25.2 Å². The zero-order chi connectivity index (χ0) is 23.5. The second kappa shape index (κ2) is 9.92. The third kappa shape index (κ3) is 5.81. The van der Waals surface area contributed by atoms with Crippen LogP contribution in [-0.2, 0) is 24.4 Å². The Bertz CT molecular complexity index is 904. The van der Waals surface area contributed by atoms with E-state index in [1.54, 1.807) is 7.11 Å². The van der Waals surface area contributed by atoms with Crippen molar-refractivity contribution in [3.8, 4) is 5.75 Å². The van der Waals surface area contributed by atoms with Gasteiger partial charge >= 0.3 is 6.09 Å². The highest BCUT2D eigenvalue weighted by Crippen LogP contribution is 2.24. The first-order valence-electron chi connectivity index (χ1n) is 11.1. The third-order valence-corrected chi connectivity index (χ3v) is 5.73. The molecular weight excluding hydrogens is 408 g/mol. The lowest BCUT2D eigenvalue weighted by Gasteiger charge is -2.37. The summed E-state index contributed by atoms with van der Waals surface area (Å²) in [5.41, 5.74) is 2.82. The Morgan fingerprint density at radius 3 is 2.59 bits per heavy atom. The molecule has 8 heteroatoms. The van der Waals surface area contributed by atoms with Gasteiger partial charge in [-0.05, 0) is 58.4 Å². The maximum absolute atomic E-state index is 11.6. The number of fused-ring (bicyclic) bond motifs is 1. The first-order valence-corrected chi connectivity index (χ1v) is 11.1. The second-order valence-electron chi connectivity index (χ2n) is 9.63. The van der Waals surface area contributed by atoms with Gasteiger partial charge in [0.2, 0.25) is 0 Å². The largest absolute Gasteiger partial charge is 0.497 e. The molecule has 0 fully saturated rings. The molecule has 0 spiro atoms. The SMILES string of the molecule is COc1ccc(CN2Cc3cc(COCC(C)N(C(=O)O)C(C)(C)C)nn3C(C)C2)cc1. The molecule has 2 atom stereocenters. The van der Waals surface area contributed by atoms with E-state index in [2.05, 4.69) is 34.7 Å². The quantitative estimate of drug-likeness (QED) is 0.659. The van der Waals surface area contributed by atoms with Gasteiger partial charge in [0.25, 0.3) is 0 Å². The Balaban J connectivity index is 1.57. The summed E-state index contributed by atoms with van der Waals surface area (Å²) in [6, 6.07) is 10.3. The van der Waals surface area contributed by atoms with Gasteiger partial charge in [-0.1, -0.05) is 12.1 Å². The molecule has 3 rings (SSSR count). The van der Waals surface area contributed by atoms with Crippen LogP contribution in [0, 0.1) is 0 Å². The van der Waals surface area contributed by atoms with Crippen molar-refractivity contribution in [3.63, 3.8) is 0 Å². The van der Waals surface area contributed by atoms with Gasteiger partial charge in [-0.25, -0.2) is 4.79 Å². The molecule has 32 heavy (non-hydrogen) atoms. The first-order chi connectivity index (χ1) is 15.1. The number of benzene rings is 1. The summed E-state index contributed by atoms with van der Waals surface area (Å²) in [7, 11) is 1.68. The number of hydrogen-bond donors (Lipinski definition) is 1. The molecular formula is C24H36N4O4. The molecule has 1 aliphatic heterocycles. The van der Waals surface area contributed by atoms with Crippen LogP contribution in [0.1, 0.15) is 57.6 Å². The monoisotopic (exact) mass is 444 g/mol. The molecule has 1 aliphatic rings. The van der Waals surface area contributed by atoms with Gasteiger partial charge < -0.3 is 14.6 Å². The van der Waals surface area contributed by atoms with E-state index in [9.17, 15) is 9.90 Å². The molecule has 0 bridgehead atoms. The van der Waals surface area contributed by atoms with Crippen LogP contribution < -0.4 is 4.74 Å². The number of ether oxygens (including phenoxy) is 2. The van der Waals surface area contributed by atoms with Crippen LogP contribution >= 0.6 is 0 Å². The molecule has 0 radical (unpaired) electrons. The van der Waals surface area contributed by atoms with Gasteiger partial charge in [0.05, 0.1) is 43.8 Å². The van der Waals surface area contributed by atoms with Crippen molar-refractivity contribution in [1.29, 1.82) is 0 Å². The highest BCUT2D eigenvalue weighted by Gasteiger charge is 2.31. The van der Waals surface area contributed by atoms with E-state index in [0.717, 1.165) is 31.1 Å². The molecule has 0 saturated heterocycles. The van der Waals surface area contributed by atoms with E-state index < -0.39 is 11.6 Å². The van der Waals surface area contributed by atoms with Crippen molar-refractivity contribution in [1.82, 2.24) is 19.6 Å². The average molecular weight is 445 g/mol. The van der Waals surface area contributed by atoms with E-state index in [4.69, 9.17) is 14.6 Å². The van der Waals surface area contributed by atoms with Gasteiger partial charge in [-0.3, -0.25) is 14.5 Å². The number of aromatic nitrogens is 2. The summed E-state index contributed by atoms with van der Waals surface area (Å²) >= 11 is 0. The Kier molecular flexibility index (Phi) is 7.46. The summed E-state index contributed by atoms with van der Waals surface area (Å²) in [6.07, 6.45) is -0.933. The fraction of sp³-hybridized carbons (Fsp3) is 0.583. The number of rotatable bonds is 8. The Morgan fingerprint density at radius 1 is 1.31 bits per heavy atom. The van der Waals surface area contributed by atoms with Gasteiger partial charge in [0.15, 0.2) is 0 Å². The standard InChI is InChI=1S/C24H36N4O4/c1-17-12-26(13-19-7-9-22(31-6)10-8-19)14-21-11-20(25-28(17)21)16-32-15-18(2)27(23(29)30)24(3,4)5/h7-11,17-18H,12-16H2,1-6H3,(H,29,30). The zero-order valence-electron chi connectivity index (χ0n) is 20.0. The van der Waals surface area contributed by atoms with Gasteiger partial charge in [-0.15, -0.1) is 0 Å². The van der Waals surface area contributed by atoms with Crippen LogP contribution in [0.4, 0.5) is 4.79 Å². The van der Waals surface area contributed by atoms with E-state index in [0.29, 0.717) is 13.2 Å². The van der Waals surface area contributed by atoms with Crippen molar-refractivity contribution in [3.05, 3.63) is 47.3 Å². The number of amides is 1. The lowest BCUT2D eigenvalue weighted by atomic mass is 10.0. The molecule has 1 aromatic carbocycles. The van der Waals surface area contributed by atoms with Gasteiger partial charge in [0.1, 0.15) is 5.75 Å². The topological polar surface area (TPSA) is 80.1 Å². The van der Waals surface area contributed by atoms with E-state index in [1.165, 1.54) is 16.2 Å². The minimum Gasteiger partial charge on any atom is -0.497 e. The van der Waals surface area contributed by atoms with E-state index in [-0.39, 0.29) is 12.1 Å². The molecule has 2 unspecified atom stereocenters. The molecule has 1 amide bonds. The Hall–Kier alpha value is -2.58. The molecule has 0 aliphatic carbocycles. The Labute approximate surface area is 190 Å². The second-order valence-corrected chi connectivity index (χ2v) is 9.63. The van der Waals surface area contributed by atoms with Crippen LogP contribution in [0.25, 0.3) is 0 Å². The fourth-order valence-electron chi connectivity index (χ4n) is 4.46. The minimum atomic E-state index is -0.933. The summed E-state index contributed by atoms with van der Waals surface area (Å²) < 4.78 is 13.2. The molecule has 0 saturated carbocycles. The summed E-state index contributed by atoms with van der Waals surface area (Å²) in [4.78, 5) is 15.5. The lowest BCUT2D eigenvalue weighted by Crippen LogP contribution is -2.51. The minimum absolute atomic E-state index is 0.247. The van der Waals surface area contributed by atoms with Crippen LogP contribution in [0.3, 0.4) is 0 Å². The highest BCUT2D eigenvalue weighted by atomic mass is 16.5. The molecule has 2 heterocycles. The first kappa shape index (κ1) is 24.1. The van der Waals surface area contributed by atoms with E-state index >= 15 is 0 Å². The maximum atomic E-state index is 11.6. The molecule has 176 valence electrons. The van der Waals surface area contributed by atoms with Crippen molar-refractivity contribution < 1.29 is 19.4 Å². The van der Waals surface area contributed by atoms with Crippen LogP contribution in [0.15, 0.2) is 30.3 Å². The normalized spacial score (nSPS) is 17.6. The van der Waals surface area contributed by atoms with Crippen molar-refractivity contribution in [2.24, 2.45) is 0 Å². The smallest absolute Gasteiger partial charge is 0.408 e. The predicted octanol–water partition coefficient (Wildman–Crippen LogP) is 4.15. The van der Waals surface area contributed by atoms with E-state index in [1.807, 2.05) is 39.8 Å². The van der Waals surface area contributed by atoms with Crippen molar-refractivity contribution in [2.75, 3.05) is 20.3 Å². The Morgan fingerprint density at radius 2 is 2.00 bits per heavy atom.